The maximum absolute atomic E-state index is 1.68. The zero-order chi connectivity index (χ0) is 13.8. The summed E-state index contributed by atoms with van der Waals surface area (Å²) in [4.78, 5) is 0. The molecule has 0 aliphatic heterocycles. The first-order valence-corrected chi connectivity index (χ1v) is 10.4. The first kappa shape index (κ1) is 13.4. The van der Waals surface area contributed by atoms with E-state index in [1.165, 1.54) is 35.5 Å². The molecule has 5 rings (SSSR count). The van der Waals surface area contributed by atoms with E-state index in [1.54, 1.807) is 83.5 Å². The van der Waals surface area contributed by atoms with E-state index in [0.717, 1.165) is 11.8 Å². The predicted molar refractivity (Wildman–Crippen MR) is 87.9 cm³/mol. The molecule has 0 saturated heterocycles. The SMILES string of the molecule is C1CC[C@H]2[C@H](C1)CC[C@@H]1[C@@H]3CC[C@@H]4CCCC[C@@H]4[C@H]3C[C@H]12. The molecule has 5 fully saturated rings. The van der Waals surface area contributed by atoms with E-state index in [9.17, 15) is 0 Å². The Kier molecular flexibility index (Phi) is 3.38. The van der Waals surface area contributed by atoms with E-state index in [-0.39, 0.29) is 0 Å². The largest absolute Gasteiger partial charge is 0.0530 e. The topological polar surface area (TPSA) is 0 Å². The van der Waals surface area contributed by atoms with Gasteiger partial charge in [0.05, 0.1) is 0 Å². The van der Waals surface area contributed by atoms with Gasteiger partial charge < -0.3 is 0 Å². The summed E-state index contributed by atoms with van der Waals surface area (Å²) in [6, 6.07) is 0. The molecule has 0 spiro atoms. The van der Waals surface area contributed by atoms with Crippen LogP contribution in [0.15, 0.2) is 0 Å². The van der Waals surface area contributed by atoms with Gasteiger partial charge in [-0.05, 0) is 92.3 Å². The van der Waals surface area contributed by atoms with Crippen molar-refractivity contribution in [3.8, 4) is 0 Å². The third-order valence-corrected chi connectivity index (χ3v) is 8.97. The van der Waals surface area contributed by atoms with Gasteiger partial charge in [-0.3, -0.25) is 0 Å². The Morgan fingerprint density at radius 3 is 1.33 bits per heavy atom. The molecule has 0 nitrogen and oxygen atoms in total. The lowest BCUT2D eigenvalue weighted by atomic mass is 9.59. The monoisotopic (exact) mass is 286 g/mol. The van der Waals surface area contributed by atoms with Crippen LogP contribution < -0.4 is 0 Å². The van der Waals surface area contributed by atoms with Crippen LogP contribution >= 0.6 is 0 Å². The minimum Gasteiger partial charge on any atom is -0.0530 e. The van der Waals surface area contributed by atoms with Crippen molar-refractivity contribution >= 4 is 0 Å². The van der Waals surface area contributed by atoms with E-state index < -0.39 is 0 Å². The molecule has 0 bridgehead atoms. The minimum atomic E-state index is 1.15. The molecule has 5 aliphatic rings. The molecule has 5 aliphatic carbocycles. The summed E-state index contributed by atoms with van der Waals surface area (Å²) in [6.07, 6.45) is 20.8. The van der Waals surface area contributed by atoms with E-state index in [1.807, 2.05) is 0 Å². The minimum absolute atomic E-state index is 1.15. The first-order chi connectivity index (χ1) is 10.4. The summed E-state index contributed by atoms with van der Waals surface area (Å²) in [7, 11) is 0. The Hall–Kier alpha value is 0. The Morgan fingerprint density at radius 2 is 0.810 bits per heavy atom. The molecule has 8 atom stereocenters. The van der Waals surface area contributed by atoms with Gasteiger partial charge in [0.1, 0.15) is 0 Å². The molecule has 0 aromatic heterocycles. The van der Waals surface area contributed by atoms with Crippen LogP contribution in [-0.2, 0) is 0 Å². The number of hydrogen-bond acceptors (Lipinski definition) is 0. The number of fused-ring (bicyclic) bond motifs is 7. The quantitative estimate of drug-likeness (QED) is 0.508. The van der Waals surface area contributed by atoms with Crippen molar-refractivity contribution in [1.82, 2.24) is 0 Å². The van der Waals surface area contributed by atoms with Gasteiger partial charge in [-0.25, -0.2) is 0 Å². The second kappa shape index (κ2) is 5.27. The zero-order valence-corrected chi connectivity index (χ0v) is 13.8. The summed E-state index contributed by atoms with van der Waals surface area (Å²) < 4.78 is 0. The lowest BCUT2D eigenvalue weighted by Crippen LogP contribution is -2.37. The van der Waals surface area contributed by atoms with Crippen LogP contribution in [0, 0.1) is 47.3 Å². The van der Waals surface area contributed by atoms with Crippen molar-refractivity contribution in [2.45, 2.75) is 83.5 Å². The van der Waals surface area contributed by atoms with Crippen LogP contribution in [-0.4, -0.2) is 0 Å². The predicted octanol–water partition coefficient (Wildman–Crippen LogP) is 6.06. The molecular weight excluding hydrogens is 252 g/mol. The maximum atomic E-state index is 1.68. The second-order valence-electron chi connectivity index (χ2n) is 9.46. The van der Waals surface area contributed by atoms with E-state index in [4.69, 9.17) is 0 Å². The van der Waals surface area contributed by atoms with Crippen LogP contribution in [0.2, 0.25) is 0 Å². The van der Waals surface area contributed by atoms with Gasteiger partial charge >= 0.3 is 0 Å². The van der Waals surface area contributed by atoms with E-state index in [2.05, 4.69) is 0 Å². The van der Waals surface area contributed by atoms with Crippen LogP contribution in [0.1, 0.15) is 83.5 Å². The average molecular weight is 287 g/mol. The normalized spacial score (nSPS) is 56.0. The summed E-state index contributed by atoms with van der Waals surface area (Å²) in [5.41, 5.74) is 0. The summed E-state index contributed by atoms with van der Waals surface area (Å²) >= 11 is 0. The zero-order valence-electron chi connectivity index (χ0n) is 13.8. The first-order valence-electron chi connectivity index (χ1n) is 10.4. The van der Waals surface area contributed by atoms with E-state index >= 15 is 0 Å². The maximum Gasteiger partial charge on any atom is -0.0349 e. The summed E-state index contributed by atoms with van der Waals surface area (Å²) in [6.45, 7) is 0. The highest BCUT2D eigenvalue weighted by Crippen LogP contribution is 2.62. The number of rotatable bonds is 0. The fraction of sp³-hybridized carbons (Fsp3) is 1.00. The fourth-order valence-electron chi connectivity index (χ4n) is 8.27. The van der Waals surface area contributed by atoms with Crippen LogP contribution in [0.4, 0.5) is 0 Å². The van der Waals surface area contributed by atoms with Crippen LogP contribution in [0.5, 0.6) is 0 Å². The molecule has 0 amide bonds. The Labute approximate surface area is 131 Å². The molecule has 0 N–H and O–H groups in total. The van der Waals surface area contributed by atoms with Crippen LogP contribution in [0.25, 0.3) is 0 Å². The Balaban J connectivity index is 1.39. The van der Waals surface area contributed by atoms with Gasteiger partial charge in [0, 0.05) is 0 Å². The molecular formula is C21H34. The van der Waals surface area contributed by atoms with E-state index in [0.29, 0.717) is 0 Å². The van der Waals surface area contributed by atoms with Gasteiger partial charge in [-0.1, -0.05) is 38.5 Å². The molecule has 0 heterocycles. The summed E-state index contributed by atoms with van der Waals surface area (Å²) in [5.74, 6) is 9.37. The van der Waals surface area contributed by atoms with Crippen molar-refractivity contribution in [2.24, 2.45) is 47.3 Å². The Bertz CT molecular complexity index is 349. The lowest BCUT2D eigenvalue weighted by molar-refractivity contribution is 0.0376. The molecule has 118 valence electrons. The summed E-state index contributed by atoms with van der Waals surface area (Å²) in [5, 5.41) is 0. The van der Waals surface area contributed by atoms with Crippen molar-refractivity contribution in [1.29, 1.82) is 0 Å². The molecule has 0 unspecified atom stereocenters. The molecule has 0 aromatic carbocycles. The van der Waals surface area contributed by atoms with Gasteiger partial charge in [-0.2, -0.15) is 0 Å². The standard InChI is InChI=1S/C21H34/c1-3-7-16-14(5-1)9-11-18-19-12-10-15-6-2-4-8-17(15)21(19)13-20(16)18/h14-21H,1-13H2/t14-,15+,16-,17-,18-,19+,20+,21-/m0/s1. The molecule has 5 saturated carbocycles. The van der Waals surface area contributed by atoms with Crippen molar-refractivity contribution in [3.05, 3.63) is 0 Å². The van der Waals surface area contributed by atoms with Crippen molar-refractivity contribution in [3.63, 3.8) is 0 Å². The molecule has 0 heteroatoms. The molecule has 0 radical (unpaired) electrons. The third kappa shape index (κ3) is 2.07. The van der Waals surface area contributed by atoms with Gasteiger partial charge in [0.15, 0.2) is 0 Å². The second-order valence-corrected chi connectivity index (χ2v) is 9.46. The highest BCUT2D eigenvalue weighted by atomic mass is 14.6. The highest BCUT2D eigenvalue weighted by Gasteiger charge is 2.54. The number of hydrogen-bond donors (Lipinski definition) is 0. The van der Waals surface area contributed by atoms with Gasteiger partial charge in [-0.15, -0.1) is 0 Å². The average Bonchev–Trinajstić information content (AvgIpc) is 2.94. The van der Waals surface area contributed by atoms with Gasteiger partial charge in [0.2, 0.25) is 0 Å². The van der Waals surface area contributed by atoms with Crippen LogP contribution in [0.3, 0.4) is 0 Å². The smallest absolute Gasteiger partial charge is 0.0349 e. The Morgan fingerprint density at radius 1 is 0.333 bits per heavy atom. The third-order valence-electron chi connectivity index (χ3n) is 8.97. The van der Waals surface area contributed by atoms with Gasteiger partial charge in [0.25, 0.3) is 0 Å². The molecule has 0 aromatic rings. The van der Waals surface area contributed by atoms with Crippen molar-refractivity contribution in [2.75, 3.05) is 0 Å². The molecule has 21 heavy (non-hydrogen) atoms. The highest BCUT2D eigenvalue weighted by molar-refractivity contribution is 5.03. The van der Waals surface area contributed by atoms with Crippen molar-refractivity contribution < 1.29 is 0 Å². The lowest BCUT2D eigenvalue weighted by Gasteiger charge is -2.46. The fourth-order valence-corrected chi connectivity index (χ4v) is 8.27.